The molecule has 0 bridgehead atoms. The maximum atomic E-state index is 12.3. The van der Waals surface area contributed by atoms with Gasteiger partial charge in [-0.3, -0.25) is 19.7 Å². The molecule has 8 nitrogen and oxygen atoms in total. The molecule has 1 amide bonds. The third kappa shape index (κ3) is 4.29. The number of carbonyl (C=O) groups excluding carboxylic acids is 1. The highest BCUT2D eigenvalue weighted by Crippen LogP contribution is 2.41. The van der Waals surface area contributed by atoms with Crippen molar-refractivity contribution < 1.29 is 14.3 Å². The van der Waals surface area contributed by atoms with Gasteiger partial charge in [-0.2, -0.15) is 0 Å². The number of carbonyl (C=O) groups is 1. The first-order valence-electron chi connectivity index (χ1n) is 10.9. The zero-order valence-electron chi connectivity index (χ0n) is 18.6. The van der Waals surface area contributed by atoms with Crippen LogP contribution < -0.4 is 4.74 Å². The maximum Gasteiger partial charge on any atom is 0.219 e. The summed E-state index contributed by atoms with van der Waals surface area (Å²) in [4.78, 5) is 30.6. The predicted octanol–water partition coefficient (Wildman–Crippen LogP) is 4.64. The van der Waals surface area contributed by atoms with Gasteiger partial charge in [0.05, 0.1) is 36.4 Å². The summed E-state index contributed by atoms with van der Waals surface area (Å²) in [5, 5.41) is 0.991. The smallest absolute Gasteiger partial charge is 0.219 e. The second kappa shape index (κ2) is 8.99. The molecular formula is C25H25N5O3. The molecule has 8 heteroatoms. The number of aromatic nitrogens is 4. The summed E-state index contributed by atoms with van der Waals surface area (Å²) in [7, 11) is 1.64. The van der Waals surface area contributed by atoms with Crippen LogP contribution in [0.25, 0.3) is 22.3 Å². The van der Waals surface area contributed by atoms with Crippen LogP contribution in [-0.4, -0.2) is 44.4 Å². The van der Waals surface area contributed by atoms with Crippen molar-refractivity contribution >= 4 is 16.8 Å². The summed E-state index contributed by atoms with van der Waals surface area (Å²) < 4.78 is 11.5. The van der Waals surface area contributed by atoms with E-state index in [0.29, 0.717) is 18.1 Å². The SMILES string of the molecule is COCc1ccc(Oc2cc3cc(-c4cnccn4)[nH]c3cc2[C@H]2CCCN2C(C)=O)cn1. The number of amides is 1. The van der Waals surface area contributed by atoms with E-state index >= 15 is 0 Å². The van der Waals surface area contributed by atoms with Crippen molar-refractivity contribution in [3.05, 3.63) is 66.4 Å². The molecule has 168 valence electrons. The fourth-order valence-corrected chi connectivity index (χ4v) is 4.40. The second-order valence-electron chi connectivity index (χ2n) is 8.14. The summed E-state index contributed by atoms with van der Waals surface area (Å²) in [6, 6.07) is 9.87. The molecule has 4 heterocycles. The molecule has 0 saturated carbocycles. The number of aromatic amines is 1. The zero-order valence-corrected chi connectivity index (χ0v) is 18.6. The molecule has 1 atom stereocenters. The summed E-state index contributed by atoms with van der Waals surface area (Å²) in [5.41, 5.74) is 4.41. The number of ether oxygens (including phenoxy) is 2. The van der Waals surface area contributed by atoms with E-state index in [1.54, 1.807) is 38.8 Å². The lowest BCUT2D eigenvalue weighted by atomic mass is 10.0. The molecule has 33 heavy (non-hydrogen) atoms. The third-order valence-electron chi connectivity index (χ3n) is 5.92. The number of nitrogens with one attached hydrogen (secondary N) is 1. The number of hydrogen-bond acceptors (Lipinski definition) is 6. The van der Waals surface area contributed by atoms with E-state index in [0.717, 1.165) is 52.9 Å². The zero-order chi connectivity index (χ0) is 22.8. The summed E-state index contributed by atoms with van der Waals surface area (Å²) >= 11 is 0. The Morgan fingerprint density at radius 2 is 2.09 bits per heavy atom. The molecule has 0 radical (unpaired) electrons. The fourth-order valence-electron chi connectivity index (χ4n) is 4.40. The Labute approximate surface area is 191 Å². The van der Waals surface area contributed by atoms with Crippen LogP contribution in [0.3, 0.4) is 0 Å². The van der Waals surface area contributed by atoms with Crippen molar-refractivity contribution in [1.82, 2.24) is 24.8 Å². The highest BCUT2D eigenvalue weighted by Gasteiger charge is 2.31. The molecule has 1 saturated heterocycles. The van der Waals surface area contributed by atoms with Crippen LogP contribution in [-0.2, 0) is 16.1 Å². The quantitative estimate of drug-likeness (QED) is 0.467. The number of benzene rings is 1. The second-order valence-corrected chi connectivity index (χ2v) is 8.14. The monoisotopic (exact) mass is 443 g/mol. The molecule has 1 fully saturated rings. The van der Waals surface area contributed by atoms with Gasteiger partial charge >= 0.3 is 0 Å². The fraction of sp³-hybridized carbons (Fsp3) is 0.280. The lowest BCUT2D eigenvalue weighted by molar-refractivity contribution is -0.129. The summed E-state index contributed by atoms with van der Waals surface area (Å²) in [5.74, 6) is 1.42. The van der Waals surface area contributed by atoms with Gasteiger partial charge in [0.2, 0.25) is 5.91 Å². The Kier molecular flexibility index (Phi) is 5.75. The van der Waals surface area contributed by atoms with E-state index in [9.17, 15) is 4.79 Å². The maximum absolute atomic E-state index is 12.3. The van der Waals surface area contributed by atoms with E-state index in [1.807, 2.05) is 29.2 Å². The first-order valence-corrected chi connectivity index (χ1v) is 10.9. The van der Waals surface area contributed by atoms with E-state index in [2.05, 4.69) is 26.0 Å². The lowest BCUT2D eigenvalue weighted by Gasteiger charge is -2.25. The van der Waals surface area contributed by atoms with Gasteiger partial charge in [-0.1, -0.05) is 0 Å². The van der Waals surface area contributed by atoms with E-state index < -0.39 is 0 Å². The molecule has 0 unspecified atom stereocenters. The molecule has 1 aliphatic rings. The van der Waals surface area contributed by atoms with Crippen LogP contribution in [0.15, 0.2) is 55.1 Å². The van der Waals surface area contributed by atoms with Crippen molar-refractivity contribution in [3.63, 3.8) is 0 Å². The largest absolute Gasteiger partial charge is 0.455 e. The number of hydrogen-bond donors (Lipinski definition) is 1. The highest BCUT2D eigenvalue weighted by molar-refractivity contribution is 5.88. The number of fused-ring (bicyclic) bond motifs is 1. The summed E-state index contributed by atoms with van der Waals surface area (Å²) in [6.45, 7) is 2.82. The number of nitrogens with zero attached hydrogens (tertiary/aromatic N) is 4. The van der Waals surface area contributed by atoms with Gasteiger partial charge in [0.15, 0.2) is 0 Å². The summed E-state index contributed by atoms with van der Waals surface area (Å²) in [6.07, 6.45) is 8.60. The number of likely N-dealkylation sites (tertiary alicyclic amines) is 1. The van der Waals surface area contributed by atoms with Crippen LogP contribution >= 0.6 is 0 Å². The van der Waals surface area contributed by atoms with Gasteiger partial charge in [0.1, 0.15) is 17.2 Å². The Morgan fingerprint density at radius 3 is 2.82 bits per heavy atom. The third-order valence-corrected chi connectivity index (χ3v) is 5.92. The van der Waals surface area contributed by atoms with Crippen molar-refractivity contribution in [2.45, 2.75) is 32.4 Å². The number of rotatable bonds is 6. The van der Waals surface area contributed by atoms with E-state index in [-0.39, 0.29) is 11.9 Å². The van der Waals surface area contributed by atoms with Crippen molar-refractivity contribution in [1.29, 1.82) is 0 Å². The van der Waals surface area contributed by atoms with Crippen LogP contribution in [0.5, 0.6) is 11.5 Å². The molecule has 3 aromatic heterocycles. The molecule has 5 rings (SSSR count). The average molecular weight is 444 g/mol. The Morgan fingerprint density at radius 1 is 1.18 bits per heavy atom. The Hall–Kier alpha value is -3.78. The van der Waals surface area contributed by atoms with Gasteiger partial charge < -0.3 is 19.4 Å². The van der Waals surface area contributed by atoms with Crippen molar-refractivity contribution in [2.24, 2.45) is 0 Å². The van der Waals surface area contributed by atoms with E-state index in [1.165, 1.54) is 0 Å². The van der Waals surface area contributed by atoms with Gasteiger partial charge in [0.25, 0.3) is 0 Å². The van der Waals surface area contributed by atoms with Crippen molar-refractivity contribution in [3.8, 4) is 22.9 Å². The number of pyridine rings is 1. The molecule has 1 N–H and O–H groups in total. The van der Waals surface area contributed by atoms with E-state index in [4.69, 9.17) is 9.47 Å². The minimum Gasteiger partial charge on any atom is -0.455 e. The Balaban J connectivity index is 1.57. The van der Waals surface area contributed by atoms with Gasteiger partial charge in [0, 0.05) is 49.4 Å². The van der Waals surface area contributed by atoms with Crippen molar-refractivity contribution in [2.75, 3.05) is 13.7 Å². The van der Waals surface area contributed by atoms with Crippen LogP contribution in [0.1, 0.15) is 37.1 Å². The molecule has 4 aromatic rings. The molecule has 0 aliphatic carbocycles. The molecule has 1 aliphatic heterocycles. The van der Waals surface area contributed by atoms with Gasteiger partial charge in [-0.05, 0) is 43.2 Å². The van der Waals surface area contributed by atoms with Crippen LogP contribution in [0.4, 0.5) is 0 Å². The first-order chi connectivity index (χ1) is 16.1. The minimum atomic E-state index is -0.0362. The van der Waals surface area contributed by atoms with Gasteiger partial charge in [-0.15, -0.1) is 0 Å². The number of methoxy groups -OCH3 is 1. The average Bonchev–Trinajstić information content (AvgIpc) is 3.48. The normalized spacial score (nSPS) is 15.8. The van der Waals surface area contributed by atoms with Crippen LogP contribution in [0, 0.1) is 0 Å². The first kappa shape index (κ1) is 21.1. The standard InChI is InChI=1S/C25H25N5O3/c1-16(31)30-9-3-4-24(30)20-12-21-17(10-22(29-21)23-14-26-7-8-27-23)11-25(20)33-19-6-5-18(15-32-2)28-13-19/h5-8,10-14,24,29H,3-4,9,15H2,1-2H3/t24-/m1/s1. The molecule has 0 spiro atoms. The Bertz CT molecular complexity index is 1270. The lowest BCUT2D eigenvalue weighted by Crippen LogP contribution is -2.28. The topological polar surface area (TPSA) is 93.2 Å². The van der Waals surface area contributed by atoms with Gasteiger partial charge in [-0.25, -0.2) is 0 Å². The molecule has 1 aromatic carbocycles. The number of H-pyrrole nitrogens is 1. The van der Waals surface area contributed by atoms with Crippen LogP contribution in [0.2, 0.25) is 0 Å². The molecular weight excluding hydrogens is 418 g/mol. The minimum absolute atomic E-state index is 0.0362. The predicted molar refractivity (Wildman–Crippen MR) is 124 cm³/mol. The highest BCUT2D eigenvalue weighted by atomic mass is 16.5.